The van der Waals surface area contributed by atoms with Crippen LogP contribution in [0.15, 0.2) is 60.7 Å². The first-order valence-electron chi connectivity index (χ1n) is 7.51. The normalized spacial score (nSPS) is 24.7. The summed E-state index contributed by atoms with van der Waals surface area (Å²) in [6, 6.07) is 15.5. The van der Waals surface area contributed by atoms with Crippen molar-refractivity contribution in [2.75, 3.05) is 6.54 Å². The SMILES string of the molecule is C[C@H](c1ccccc1)N1CC1C(O)(c1ccccc1)C(F)(F)F. The number of benzene rings is 2. The molecule has 0 bridgehead atoms. The number of hydrogen-bond donors (Lipinski definition) is 1. The van der Waals surface area contributed by atoms with Gasteiger partial charge in [0.2, 0.25) is 5.60 Å². The molecule has 4 atom stereocenters. The van der Waals surface area contributed by atoms with Crippen molar-refractivity contribution < 1.29 is 18.3 Å². The number of alkyl halides is 3. The molecule has 3 unspecified atom stereocenters. The van der Waals surface area contributed by atoms with Crippen molar-refractivity contribution in [1.29, 1.82) is 0 Å². The minimum Gasteiger partial charge on any atom is -0.375 e. The van der Waals surface area contributed by atoms with Crippen molar-refractivity contribution in [2.45, 2.75) is 30.8 Å². The summed E-state index contributed by atoms with van der Waals surface area (Å²) < 4.78 is 40.9. The number of hydrogen-bond acceptors (Lipinski definition) is 2. The van der Waals surface area contributed by atoms with Crippen molar-refractivity contribution in [2.24, 2.45) is 0 Å². The minimum atomic E-state index is -4.73. The maximum Gasteiger partial charge on any atom is 0.423 e. The first-order valence-corrected chi connectivity index (χ1v) is 7.51. The van der Waals surface area contributed by atoms with E-state index in [9.17, 15) is 18.3 Å². The van der Waals surface area contributed by atoms with E-state index >= 15 is 0 Å². The van der Waals surface area contributed by atoms with Crippen LogP contribution in [0.1, 0.15) is 24.1 Å². The third kappa shape index (κ3) is 2.75. The van der Waals surface area contributed by atoms with Crippen LogP contribution in [0.4, 0.5) is 13.2 Å². The number of rotatable bonds is 4. The van der Waals surface area contributed by atoms with E-state index in [0.717, 1.165) is 5.56 Å². The quantitative estimate of drug-likeness (QED) is 0.864. The van der Waals surface area contributed by atoms with E-state index in [-0.39, 0.29) is 18.2 Å². The molecule has 0 radical (unpaired) electrons. The zero-order valence-electron chi connectivity index (χ0n) is 12.7. The summed E-state index contributed by atoms with van der Waals surface area (Å²) in [5.41, 5.74) is -2.02. The molecule has 122 valence electrons. The number of aliphatic hydroxyl groups is 1. The Balaban J connectivity index is 1.90. The second-order valence-electron chi connectivity index (χ2n) is 5.93. The molecule has 2 aromatic rings. The Hall–Kier alpha value is -1.85. The molecule has 23 heavy (non-hydrogen) atoms. The highest BCUT2D eigenvalue weighted by Crippen LogP contribution is 2.50. The van der Waals surface area contributed by atoms with Gasteiger partial charge in [0.25, 0.3) is 0 Å². The molecule has 0 aliphatic carbocycles. The Morgan fingerprint density at radius 3 is 2.04 bits per heavy atom. The van der Waals surface area contributed by atoms with Crippen molar-refractivity contribution in [3.8, 4) is 0 Å². The van der Waals surface area contributed by atoms with Crippen LogP contribution in [-0.2, 0) is 5.60 Å². The molecule has 5 heteroatoms. The molecule has 0 amide bonds. The molecule has 1 aliphatic rings. The molecule has 0 saturated carbocycles. The lowest BCUT2D eigenvalue weighted by molar-refractivity contribution is -0.270. The summed E-state index contributed by atoms with van der Waals surface area (Å²) in [7, 11) is 0. The fourth-order valence-electron chi connectivity index (χ4n) is 3.11. The van der Waals surface area contributed by atoms with Gasteiger partial charge < -0.3 is 5.11 Å². The van der Waals surface area contributed by atoms with Gasteiger partial charge in [-0.05, 0) is 18.1 Å². The van der Waals surface area contributed by atoms with Crippen LogP contribution in [0, 0.1) is 0 Å². The zero-order chi connectivity index (χ0) is 16.7. The summed E-state index contributed by atoms with van der Waals surface area (Å²) in [4.78, 5) is 1.68. The van der Waals surface area contributed by atoms with Gasteiger partial charge in [0.1, 0.15) is 0 Å². The van der Waals surface area contributed by atoms with Crippen molar-refractivity contribution >= 4 is 0 Å². The Morgan fingerprint density at radius 1 is 1.00 bits per heavy atom. The molecule has 3 rings (SSSR count). The Morgan fingerprint density at radius 2 is 1.52 bits per heavy atom. The van der Waals surface area contributed by atoms with Crippen molar-refractivity contribution in [3.05, 3.63) is 71.8 Å². The second-order valence-corrected chi connectivity index (χ2v) is 5.93. The van der Waals surface area contributed by atoms with E-state index in [1.165, 1.54) is 24.3 Å². The van der Waals surface area contributed by atoms with Gasteiger partial charge in [-0.15, -0.1) is 0 Å². The average Bonchev–Trinajstić information content (AvgIpc) is 3.35. The largest absolute Gasteiger partial charge is 0.423 e. The van der Waals surface area contributed by atoms with Crippen LogP contribution in [0.5, 0.6) is 0 Å². The first-order chi connectivity index (χ1) is 10.9. The lowest BCUT2D eigenvalue weighted by Crippen LogP contribution is -2.48. The molecule has 0 aromatic heterocycles. The third-order valence-electron chi connectivity index (χ3n) is 4.56. The predicted octanol–water partition coefficient (Wildman–Crippen LogP) is 3.88. The zero-order valence-corrected chi connectivity index (χ0v) is 12.7. The lowest BCUT2D eigenvalue weighted by atomic mass is 9.89. The first kappa shape index (κ1) is 16.0. The summed E-state index contributed by atoms with van der Waals surface area (Å²) in [6.07, 6.45) is -4.73. The summed E-state index contributed by atoms with van der Waals surface area (Å²) in [5, 5.41) is 10.6. The molecule has 0 spiro atoms. The molecule has 1 saturated heterocycles. The average molecular weight is 321 g/mol. The van der Waals surface area contributed by atoms with Gasteiger partial charge in [0.05, 0.1) is 6.04 Å². The smallest absolute Gasteiger partial charge is 0.375 e. The molecule has 2 nitrogen and oxygen atoms in total. The molecule has 1 N–H and O–H groups in total. The van der Waals surface area contributed by atoms with Gasteiger partial charge in [-0.3, -0.25) is 4.90 Å². The van der Waals surface area contributed by atoms with E-state index in [1.54, 1.807) is 11.0 Å². The maximum absolute atomic E-state index is 13.6. The van der Waals surface area contributed by atoms with Gasteiger partial charge in [-0.2, -0.15) is 13.2 Å². The van der Waals surface area contributed by atoms with E-state index < -0.39 is 17.8 Å². The summed E-state index contributed by atoms with van der Waals surface area (Å²) >= 11 is 0. The molecular formula is C18H18F3NO. The fraction of sp³-hybridized carbons (Fsp3) is 0.333. The Bertz CT molecular complexity index is 659. The van der Waals surface area contributed by atoms with Gasteiger partial charge in [0, 0.05) is 12.6 Å². The fourth-order valence-corrected chi connectivity index (χ4v) is 3.11. The second kappa shape index (κ2) is 5.65. The Kier molecular flexibility index (Phi) is 3.94. The predicted molar refractivity (Wildman–Crippen MR) is 81.7 cm³/mol. The van der Waals surface area contributed by atoms with Gasteiger partial charge in [-0.1, -0.05) is 60.7 Å². The van der Waals surface area contributed by atoms with E-state index in [0.29, 0.717) is 0 Å². The molecule has 1 fully saturated rings. The standard InChI is InChI=1S/C18H18F3NO/c1-13(14-8-4-2-5-9-14)22-12-16(22)17(23,18(19,20)21)15-10-6-3-7-11-15/h2-11,13,16,23H,12H2,1H3/t13-,16?,17?,22?/m1/s1. The molecule has 1 heterocycles. The van der Waals surface area contributed by atoms with Crippen LogP contribution in [0.2, 0.25) is 0 Å². The van der Waals surface area contributed by atoms with Gasteiger partial charge >= 0.3 is 6.18 Å². The van der Waals surface area contributed by atoms with E-state index in [2.05, 4.69) is 0 Å². The van der Waals surface area contributed by atoms with Crippen LogP contribution >= 0.6 is 0 Å². The van der Waals surface area contributed by atoms with Crippen molar-refractivity contribution in [3.63, 3.8) is 0 Å². The number of nitrogens with zero attached hydrogens (tertiary/aromatic N) is 1. The van der Waals surface area contributed by atoms with E-state index in [1.807, 2.05) is 37.3 Å². The van der Waals surface area contributed by atoms with Crippen LogP contribution in [0.25, 0.3) is 0 Å². The van der Waals surface area contributed by atoms with Crippen molar-refractivity contribution in [1.82, 2.24) is 4.90 Å². The summed E-state index contributed by atoms with van der Waals surface area (Å²) in [5.74, 6) is 0. The topological polar surface area (TPSA) is 23.2 Å². The highest BCUT2D eigenvalue weighted by Gasteiger charge is 2.66. The minimum absolute atomic E-state index is 0.111. The van der Waals surface area contributed by atoms with E-state index in [4.69, 9.17) is 0 Å². The highest BCUT2D eigenvalue weighted by molar-refractivity contribution is 5.31. The molecular weight excluding hydrogens is 303 g/mol. The Labute approximate surface area is 133 Å². The maximum atomic E-state index is 13.6. The third-order valence-corrected chi connectivity index (χ3v) is 4.56. The highest BCUT2D eigenvalue weighted by atomic mass is 19.4. The lowest BCUT2D eigenvalue weighted by Gasteiger charge is -2.32. The summed E-state index contributed by atoms with van der Waals surface area (Å²) in [6.45, 7) is 2.07. The molecule has 1 aliphatic heterocycles. The number of halogens is 3. The van der Waals surface area contributed by atoms with Crippen LogP contribution in [-0.4, -0.2) is 28.8 Å². The van der Waals surface area contributed by atoms with Crippen LogP contribution < -0.4 is 0 Å². The van der Waals surface area contributed by atoms with Gasteiger partial charge in [0.15, 0.2) is 0 Å². The molecule has 2 aromatic carbocycles. The van der Waals surface area contributed by atoms with Crippen LogP contribution in [0.3, 0.4) is 0 Å². The van der Waals surface area contributed by atoms with Gasteiger partial charge in [-0.25, -0.2) is 0 Å². The monoisotopic (exact) mass is 321 g/mol.